The standard InChI is InChI=1S/C21H28N2O2.C5H12.C2H6/c1-5-7-12-23-19(6-2)16(4)13-18(21(23)25)20(24)22-14-17-10-8-15(3)9-11-17;1-3-5-4-2;1-2/h8-11,13H,5-7,12,14H2,1-4H3,(H,22,24);3-5H2,1-2H3;1-2H3. The van der Waals surface area contributed by atoms with Crippen LogP contribution in [0.5, 0.6) is 0 Å². The third-order valence-electron chi connectivity index (χ3n) is 5.21. The van der Waals surface area contributed by atoms with Crippen LogP contribution < -0.4 is 10.9 Å². The van der Waals surface area contributed by atoms with Gasteiger partial charge in [-0.25, -0.2) is 0 Å². The van der Waals surface area contributed by atoms with Gasteiger partial charge in [-0.1, -0.05) is 97.1 Å². The number of hydrogen-bond acceptors (Lipinski definition) is 2. The summed E-state index contributed by atoms with van der Waals surface area (Å²) in [5.74, 6) is -0.304. The van der Waals surface area contributed by atoms with Gasteiger partial charge in [-0.3, -0.25) is 9.59 Å². The van der Waals surface area contributed by atoms with Gasteiger partial charge in [0.25, 0.3) is 11.5 Å². The van der Waals surface area contributed by atoms with Gasteiger partial charge in [-0.2, -0.15) is 0 Å². The molecule has 4 nitrogen and oxygen atoms in total. The first-order chi connectivity index (χ1) is 15.4. The van der Waals surface area contributed by atoms with Gasteiger partial charge < -0.3 is 9.88 Å². The first kappa shape index (κ1) is 29.6. The fraction of sp³-hybridized carbons (Fsp3) is 0.571. The highest BCUT2D eigenvalue weighted by Gasteiger charge is 2.16. The Hall–Kier alpha value is -2.36. The molecule has 0 atom stereocenters. The number of amides is 1. The van der Waals surface area contributed by atoms with E-state index in [9.17, 15) is 9.59 Å². The van der Waals surface area contributed by atoms with Crippen LogP contribution in [0.1, 0.15) is 106 Å². The van der Waals surface area contributed by atoms with Gasteiger partial charge in [0.15, 0.2) is 0 Å². The van der Waals surface area contributed by atoms with Crippen molar-refractivity contribution in [3.05, 3.63) is 68.6 Å². The SMILES string of the molecule is CC.CCCCC.CCCCn1c(CC)c(C)cc(C(=O)NCc2ccc(C)cc2)c1=O. The molecule has 0 bridgehead atoms. The summed E-state index contributed by atoms with van der Waals surface area (Å²) in [5, 5.41) is 2.87. The number of aryl methyl sites for hydroxylation is 2. The van der Waals surface area contributed by atoms with Crippen LogP contribution in [0.4, 0.5) is 0 Å². The monoisotopic (exact) mass is 442 g/mol. The average Bonchev–Trinajstić information content (AvgIpc) is 2.81. The van der Waals surface area contributed by atoms with E-state index in [1.54, 1.807) is 10.6 Å². The molecule has 0 unspecified atom stereocenters. The van der Waals surface area contributed by atoms with Crippen molar-refractivity contribution in [3.63, 3.8) is 0 Å². The van der Waals surface area contributed by atoms with Crippen LogP contribution in [0.15, 0.2) is 35.1 Å². The Kier molecular flexibility index (Phi) is 16.0. The minimum Gasteiger partial charge on any atom is -0.348 e. The number of nitrogens with zero attached hydrogens (tertiary/aromatic N) is 1. The zero-order valence-corrected chi connectivity index (χ0v) is 21.8. The van der Waals surface area contributed by atoms with Crippen molar-refractivity contribution >= 4 is 5.91 Å². The van der Waals surface area contributed by atoms with Crippen molar-refractivity contribution in [1.29, 1.82) is 0 Å². The molecule has 2 aromatic rings. The molecule has 1 N–H and O–H groups in total. The van der Waals surface area contributed by atoms with E-state index in [2.05, 4.69) is 26.1 Å². The Morgan fingerprint density at radius 2 is 1.47 bits per heavy atom. The van der Waals surface area contributed by atoms with Gasteiger partial charge in [0.1, 0.15) is 5.56 Å². The van der Waals surface area contributed by atoms with Gasteiger partial charge in [0.05, 0.1) is 0 Å². The van der Waals surface area contributed by atoms with Crippen LogP contribution in [0.3, 0.4) is 0 Å². The van der Waals surface area contributed by atoms with Gasteiger partial charge in [-0.15, -0.1) is 0 Å². The third-order valence-corrected chi connectivity index (χ3v) is 5.21. The topological polar surface area (TPSA) is 51.1 Å². The van der Waals surface area contributed by atoms with Crippen LogP contribution in [0.25, 0.3) is 0 Å². The number of benzene rings is 1. The van der Waals surface area contributed by atoms with Crippen LogP contribution >= 0.6 is 0 Å². The second-order valence-electron chi connectivity index (χ2n) is 7.87. The number of carbonyl (C=O) groups is 1. The number of nitrogens with one attached hydrogen (secondary N) is 1. The first-order valence-corrected chi connectivity index (χ1v) is 12.5. The summed E-state index contributed by atoms with van der Waals surface area (Å²) in [6.45, 7) is 17.6. The number of hydrogen-bond donors (Lipinski definition) is 1. The second kappa shape index (κ2) is 17.2. The lowest BCUT2D eigenvalue weighted by Gasteiger charge is -2.16. The van der Waals surface area contributed by atoms with Crippen molar-refractivity contribution in [2.75, 3.05) is 0 Å². The molecule has 0 aliphatic carbocycles. The Bertz CT molecular complexity index is 834. The fourth-order valence-electron chi connectivity index (χ4n) is 3.36. The van der Waals surface area contributed by atoms with Crippen molar-refractivity contribution in [1.82, 2.24) is 9.88 Å². The quantitative estimate of drug-likeness (QED) is 0.455. The molecular formula is C28H46N2O2. The lowest BCUT2D eigenvalue weighted by atomic mass is 10.1. The summed E-state index contributed by atoms with van der Waals surface area (Å²) in [4.78, 5) is 25.4. The van der Waals surface area contributed by atoms with Gasteiger partial charge in [0.2, 0.25) is 0 Å². The maximum absolute atomic E-state index is 12.8. The largest absolute Gasteiger partial charge is 0.348 e. The molecule has 0 radical (unpaired) electrons. The molecule has 2 rings (SSSR count). The molecule has 1 amide bonds. The highest BCUT2D eigenvalue weighted by atomic mass is 16.2. The molecule has 1 heterocycles. The summed E-state index contributed by atoms with van der Waals surface area (Å²) < 4.78 is 1.78. The number of pyridine rings is 1. The highest BCUT2D eigenvalue weighted by molar-refractivity contribution is 5.94. The van der Waals surface area contributed by atoms with Gasteiger partial charge >= 0.3 is 0 Å². The zero-order chi connectivity index (χ0) is 24.5. The van der Waals surface area contributed by atoms with E-state index in [4.69, 9.17) is 0 Å². The van der Waals surface area contributed by atoms with Gasteiger partial charge in [0, 0.05) is 18.8 Å². The molecule has 0 saturated heterocycles. The molecule has 0 spiro atoms. The molecule has 1 aromatic heterocycles. The minimum atomic E-state index is -0.304. The summed E-state index contributed by atoms with van der Waals surface area (Å²) in [7, 11) is 0. The predicted octanol–water partition coefficient (Wildman–Crippen LogP) is 6.98. The third kappa shape index (κ3) is 9.84. The van der Waals surface area contributed by atoms with E-state index >= 15 is 0 Å². The molecule has 0 aliphatic heterocycles. The zero-order valence-electron chi connectivity index (χ0n) is 21.8. The van der Waals surface area contributed by atoms with Crippen LogP contribution in [-0.4, -0.2) is 10.5 Å². The van der Waals surface area contributed by atoms with Crippen molar-refractivity contribution < 1.29 is 4.79 Å². The lowest BCUT2D eigenvalue weighted by Crippen LogP contribution is -2.34. The fourth-order valence-corrected chi connectivity index (χ4v) is 3.36. The molecule has 180 valence electrons. The van der Waals surface area contributed by atoms with Crippen molar-refractivity contribution in [3.8, 4) is 0 Å². The molecule has 4 heteroatoms. The second-order valence-corrected chi connectivity index (χ2v) is 7.87. The molecule has 0 saturated carbocycles. The Morgan fingerprint density at radius 1 is 0.906 bits per heavy atom. The van der Waals surface area contributed by atoms with E-state index in [-0.39, 0.29) is 17.0 Å². The smallest absolute Gasteiger partial charge is 0.263 e. The van der Waals surface area contributed by atoms with E-state index in [1.807, 2.05) is 58.9 Å². The molecule has 32 heavy (non-hydrogen) atoms. The summed E-state index contributed by atoms with van der Waals surface area (Å²) in [6.07, 6.45) is 6.81. The maximum atomic E-state index is 12.8. The van der Waals surface area contributed by atoms with Crippen LogP contribution in [-0.2, 0) is 19.5 Å². The predicted molar refractivity (Wildman–Crippen MR) is 139 cm³/mol. The Balaban J connectivity index is 0.00000121. The highest BCUT2D eigenvalue weighted by Crippen LogP contribution is 2.11. The molecule has 0 aliphatic rings. The number of rotatable bonds is 9. The van der Waals surface area contributed by atoms with E-state index in [0.717, 1.165) is 36.1 Å². The molecule has 1 aromatic carbocycles. The lowest BCUT2D eigenvalue weighted by molar-refractivity contribution is 0.0948. The first-order valence-electron chi connectivity index (χ1n) is 12.5. The summed E-state index contributed by atoms with van der Waals surface area (Å²) in [6, 6.07) is 9.73. The van der Waals surface area contributed by atoms with Crippen LogP contribution in [0.2, 0.25) is 0 Å². The normalized spacial score (nSPS) is 9.88. The van der Waals surface area contributed by atoms with E-state index < -0.39 is 0 Å². The molecule has 0 fully saturated rings. The summed E-state index contributed by atoms with van der Waals surface area (Å²) in [5.41, 5.74) is 4.27. The number of carbonyl (C=O) groups excluding carboxylic acids is 1. The minimum absolute atomic E-state index is 0.183. The number of unbranched alkanes of at least 4 members (excludes halogenated alkanes) is 3. The van der Waals surface area contributed by atoms with Crippen molar-refractivity contribution in [2.45, 2.75) is 107 Å². The average molecular weight is 443 g/mol. The number of aromatic nitrogens is 1. The Labute approximate surface area is 196 Å². The maximum Gasteiger partial charge on any atom is 0.263 e. The van der Waals surface area contributed by atoms with E-state index in [0.29, 0.717) is 13.1 Å². The van der Waals surface area contributed by atoms with Crippen molar-refractivity contribution in [2.24, 2.45) is 0 Å². The summed E-state index contributed by atoms with van der Waals surface area (Å²) >= 11 is 0. The van der Waals surface area contributed by atoms with Crippen LogP contribution in [0, 0.1) is 13.8 Å². The Morgan fingerprint density at radius 3 is 1.94 bits per heavy atom. The van der Waals surface area contributed by atoms with E-state index in [1.165, 1.54) is 24.8 Å². The molecular weight excluding hydrogens is 396 g/mol. The van der Waals surface area contributed by atoms with Gasteiger partial charge in [-0.05, 0) is 43.9 Å².